The van der Waals surface area contributed by atoms with Gasteiger partial charge in [0.2, 0.25) is 0 Å². The Morgan fingerprint density at radius 2 is 2.24 bits per heavy atom. The Hall–Kier alpha value is -2.08. The molecule has 17 heavy (non-hydrogen) atoms. The van der Waals surface area contributed by atoms with Crippen LogP contribution in [0.5, 0.6) is 0 Å². The van der Waals surface area contributed by atoms with E-state index in [2.05, 4.69) is 15.4 Å². The fraction of sp³-hybridized carbons (Fsp3) is 0.100. The number of aromatic nitrogens is 3. The maximum Gasteiger partial charge on any atom is 0.271 e. The lowest BCUT2D eigenvalue weighted by atomic mass is 10.4. The number of nitrogens with one attached hydrogen (secondary N) is 1. The molecule has 0 aliphatic heterocycles. The lowest BCUT2D eigenvalue weighted by Gasteiger charge is -2.04. The first kappa shape index (κ1) is 11.4. The smallest absolute Gasteiger partial charge is 0.271 e. The lowest BCUT2D eigenvalue weighted by Crippen LogP contribution is -2.18. The topological polar surface area (TPSA) is 85.8 Å². The molecule has 7 heteroatoms. The predicted molar refractivity (Wildman–Crippen MR) is 64.2 cm³/mol. The van der Waals surface area contributed by atoms with Gasteiger partial charge in [0.1, 0.15) is 5.15 Å². The van der Waals surface area contributed by atoms with Crippen molar-refractivity contribution in [2.24, 2.45) is 0 Å². The van der Waals surface area contributed by atoms with Gasteiger partial charge in [0.05, 0.1) is 5.69 Å². The lowest BCUT2D eigenvalue weighted by molar-refractivity contribution is 0.0957. The number of carbonyl (C=O) groups is 1. The van der Waals surface area contributed by atoms with Crippen LogP contribution in [0.15, 0.2) is 24.4 Å². The van der Waals surface area contributed by atoms with Crippen molar-refractivity contribution in [2.45, 2.75) is 0 Å². The number of amides is 1. The van der Waals surface area contributed by atoms with Crippen LogP contribution in [0.4, 0.5) is 5.69 Å². The van der Waals surface area contributed by atoms with Gasteiger partial charge in [0.15, 0.2) is 11.5 Å². The van der Waals surface area contributed by atoms with Gasteiger partial charge in [-0.05, 0) is 18.2 Å². The molecular formula is C10H10ClN5O. The summed E-state index contributed by atoms with van der Waals surface area (Å²) in [5.41, 5.74) is 6.47. The Labute approximate surface area is 102 Å². The van der Waals surface area contributed by atoms with E-state index in [1.807, 2.05) is 0 Å². The average Bonchev–Trinajstić information content (AvgIpc) is 2.80. The van der Waals surface area contributed by atoms with Crippen LogP contribution in [0.25, 0.3) is 5.82 Å². The van der Waals surface area contributed by atoms with Crippen molar-refractivity contribution in [3.8, 4) is 5.82 Å². The van der Waals surface area contributed by atoms with E-state index < -0.39 is 0 Å². The van der Waals surface area contributed by atoms with E-state index in [0.717, 1.165) is 0 Å². The van der Waals surface area contributed by atoms with Gasteiger partial charge in [-0.25, -0.2) is 9.67 Å². The number of carbonyl (C=O) groups excluding carboxylic acids is 1. The zero-order valence-electron chi connectivity index (χ0n) is 9.01. The van der Waals surface area contributed by atoms with Crippen LogP contribution in [0.3, 0.4) is 0 Å². The van der Waals surface area contributed by atoms with Gasteiger partial charge in [0.25, 0.3) is 5.91 Å². The zero-order valence-corrected chi connectivity index (χ0v) is 9.77. The minimum Gasteiger partial charge on any atom is -0.396 e. The Kier molecular flexibility index (Phi) is 2.97. The number of hydrogen-bond donors (Lipinski definition) is 2. The molecule has 2 aromatic rings. The van der Waals surface area contributed by atoms with Crippen molar-refractivity contribution >= 4 is 23.2 Å². The van der Waals surface area contributed by atoms with Gasteiger partial charge in [-0.1, -0.05) is 11.6 Å². The van der Waals surface area contributed by atoms with Crippen LogP contribution >= 0.6 is 11.6 Å². The molecule has 0 spiro atoms. The van der Waals surface area contributed by atoms with E-state index in [1.165, 1.54) is 11.7 Å². The summed E-state index contributed by atoms with van der Waals surface area (Å²) in [5.74, 6) is 0.122. The number of nitrogens with two attached hydrogens (primary N) is 1. The highest BCUT2D eigenvalue weighted by Gasteiger charge is 2.10. The molecule has 0 radical (unpaired) electrons. The molecule has 0 aliphatic rings. The Morgan fingerprint density at radius 3 is 2.94 bits per heavy atom. The van der Waals surface area contributed by atoms with Crippen molar-refractivity contribution in [3.05, 3.63) is 35.2 Å². The molecule has 0 bridgehead atoms. The molecule has 2 rings (SSSR count). The second-order valence-corrected chi connectivity index (χ2v) is 3.66. The summed E-state index contributed by atoms with van der Waals surface area (Å²) in [5, 5.41) is 6.85. The molecule has 6 nitrogen and oxygen atoms in total. The van der Waals surface area contributed by atoms with Gasteiger partial charge in [0, 0.05) is 13.2 Å². The Balaban J connectivity index is 2.43. The van der Waals surface area contributed by atoms with Crippen LogP contribution in [0, 0.1) is 0 Å². The van der Waals surface area contributed by atoms with Gasteiger partial charge in [-0.3, -0.25) is 4.79 Å². The largest absolute Gasteiger partial charge is 0.396 e. The summed E-state index contributed by atoms with van der Waals surface area (Å²) < 4.78 is 1.41. The molecule has 0 saturated heterocycles. The predicted octanol–water partition coefficient (Wildman–Crippen LogP) is 0.863. The minimum atomic E-state index is -0.274. The second kappa shape index (κ2) is 4.42. The number of nitrogens with zero attached hydrogens (tertiary/aromatic N) is 3. The molecule has 0 atom stereocenters. The first-order valence-electron chi connectivity index (χ1n) is 4.82. The molecule has 1 amide bonds. The van der Waals surface area contributed by atoms with Crippen molar-refractivity contribution < 1.29 is 4.79 Å². The second-order valence-electron chi connectivity index (χ2n) is 3.27. The summed E-state index contributed by atoms with van der Waals surface area (Å²) in [6.07, 6.45) is 1.60. The van der Waals surface area contributed by atoms with Crippen LogP contribution in [-0.2, 0) is 0 Å². The van der Waals surface area contributed by atoms with E-state index >= 15 is 0 Å². The maximum atomic E-state index is 11.3. The highest BCUT2D eigenvalue weighted by atomic mass is 35.5. The fourth-order valence-electron chi connectivity index (χ4n) is 1.31. The van der Waals surface area contributed by atoms with E-state index in [9.17, 15) is 4.79 Å². The van der Waals surface area contributed by atoms with Crippen LogP contribution in [-0.4, -0.2) is 27.7 Å². The van der Waals surface area contributed by atoms with Crippen molar-refractivity contribution in [1.29, 1.82) is 0 Å². The third-order valence-electron chi connectivity index (χ3n) is 2.14. The summed E-state index contributed by atoms with van der Waals surface area (Å²) >= 11 is 5.78. The SMILES string of the molecule is CNC(=O)c1ccn(-c2nc(Cl)ccc2N)n1. The zero-order chi connectivity index (χ0) is 12.4. The molecule has 88 valence electrons. The summed E-state index contributed by atoms with van der Waals surface area (Å²) in [4.78, 5) is 15.4. The monoisotopic (exact) mass is 251 g/mol. The first-order chi connectivity index (χ1) is 8.11. The third kappa shape index (κ3) is 2.21. The number of pyridine rings is 1. The van der Waals surface area contributed by atoms with E-state index in [0.29, 0.717) is 16.7 Å². The van der Waals surface area contributed by atoms with Crippen LogP contribution < -0.4 is 11.1 Å². The quantitative estimate of drug-likeness (QED) is 0.776. The van der Waals surface area contributed by atoms with Gasteiger partial charge in [-0.2, -0.15) is 5.10 Å². The summed E-state index contributed by atoms with van der Waals surface area (Å²) in [6.45, 7) is 0. The highest BCUT2D eigenvalue weighted by molar-refractivity contribution is 6.29. The van der Waals surface area contributed by atoms with Gasteiger partial charge in [-0.15, -0.1) is 0 Å². The fourth-order valence-corrected chi connectivity index (χ4v) is 1.45. The molecule has 0 aromatic carbocycles. The van der Waals surface area contributed by atoms with Gasteiger partial charge < -0.3 is 11.1 Å². The normalized spacial score (nSPS) is 10.2. The molecule has 0 aliphatic carbocycles. The molecule has 0 saturated carbocycles. The minimum absolute atomic E-state index is 0.274. The number of hydrogen-bond acceptors (Lipinski definition) is 4. The van der Waals surface area contributed by atoms with Crippen LogP contribution in [0.2, 0.25) is 5.15 Å². The maximum absolute atomic E-state index is 11.3. The number of halogens is 1. The van der Waals surface area contributed by atoms with Gasteiger partial charge >= 0.3 is 0 Å². The number of nitrogen functional groups attached to an aromatic ring is 1. The molecule has 0 fully saturated rings. The standard InChI is InChI=1S/C10H10ClN5O/c1-13-10(17)7-4-5-16(15-7)9-6(12)2-3-8(11)14-9/h2-5H,12H2,1H3,(H,13,17). The molecule has 3 N–H and O–H groups in total. The Morgan fingerprint density at radius 1 is 1.47 bits per heavy atom. The van der Waals surface area contributed by atoms with Crippen molar-refractivity contribution in [3.63, 3.8) is 0 Å². The van der Waals surface area contributed by atoms with Crippen molar-refractivity contribution in [1.82, 2.24) is 20.1 Å². The summed E-state index contributed by atoms with van der Waals surface area (Å²) in [6, 6.07) is 4.79. The number of rotatable bonds is 2. The summed E-state index contributed by atoms with van der Waals surface area (Å²) in [7, 11) is 1.54. The molecule has 2 heterocycles. The molecular weight excluding hydrogens is 242 g/mol. The molecule has 0 unspecified atom stereocenters. The first-order valence-corrected chi connectivity index (χ1v) is 5.20. The molecule has 2 aromatic heterocycles. The van der Waals surface area contributed by atoms with E-state index in [1.54, 1.807) is 24.4 Å². The van der Waals surface area contributed by atoms with Crippen molar-refractivity contribution in [2.75, 3.05) is 12.8 Å². The van der Waals surface area contributed by atoms with Crippen LogP contribution in [0.1, 0.15) is 10.5 Å². The highest BCUT2D eigenvalue weighted by Crippen LogP contribution is 2.17. The Bertz CT molecular complexity index is 566. The average molecular weight is 252 g/mol. The van der Waals surface area contributed by atoms with E-state index in [-0.39, 0.29) is 11.6 Å². The van der Waals surface area contributed by atoms with E-state index in [4.69, 9.17) is 17.3 Å². The third-order valence-corrected chi connectivity index (χ3v) is 2.35. The number of anilines is 1.